The van der Waals surface area contributed by atoms with Gasteiger partial charge in [-0.3, -0.25) is 0 Å². The Labute approximate surface area is 130 Å². The van der Waals surface area contributed by atoms with Gasteiger partial charge in [0.2, 0.25) is 0 Å². The van der Waals surface area contributed by atoms with Gasteiger partial charge in [0, 0.05) is 16.1 Å². The lowest BCUT2D eigenvalue weighted by molar-refractivity contribution is 0.404. The van der Waals surface area contributed by atoms with E-state index >= 15 is 0 Å². The van der Waals surface area contributed by atoms with Gasteiger partial charge in [0.25, 0.3) is 0 Å². The molecule has 2 nitrogen and oxygen atoms in total. The molecule has 0 aliphatic heterocycles. The van der Waals surface area contributed by atoms with Crippen molar-refractivity contribution in [2.45, 2.75) is 13.0 Å². The molecule has 0 spiro atoms. The van der Waals surface area contributed by atoms with Crippen LogP contribution in [0.3, 0.4) is 0 Å². The van der Waals surface area contributed by atoms with Crippen LogP contribution in [0.5, 0.6) is 5.75 Å². The van der Waals surface area contributed by atoms with Crippen molar-refractivity contribution in [2.75, 3.05) is 7.11 Å². The van der Waals surface area contributed by atoms with Crippen LogP contribution >= 0.6 is 27.5 Å². The van der Waals surface area contributed by atoms with Gasteiger partial charge in [0.05, 0.1) is 17.6 Å². The largest absolute Gasteiger partial charge is 0.495 e. The molecule has 2 N–H and O–H groups in total. The Kier molecular flexibility index (Phi) is 4.68. The molecule has 0 aromatic heterocycles. The molecular formula is C15H14BrClFNO. The highest BCUT2D eigenvalue weighted by Crippen LogP contribution is 2.38. The average Bonchev–Trinajstić information content (AvgIpc) is 2.40. The number of aryl methyl sites for hydroxylation is 1. The lowest BCUT2D eigenvalue weighted by Gasteiger charge is -2.19. The molecule has 0 aliphatic rings. The number of hydrogen-bond donors (Lipinski definition) is 1. The van der Waals surface area contributed by atoms with Crippen LogP contribution in [0.4, 0.5) is 4.39 Å². The standard InChI is InChI=1S/C15H14BrClFNO/c1-8-4-3-5-10(13(8)18)14(19)11-6-9(17)7-12(16)15(11)20-2/h3-7,14H,19H2,1-2H3. The summed E-state index contributed by atoms with van der Waals surface area (Å²) in [6.45, 7) is 1.71. The van der Waals surface area contributed by atoms with E-state index in [4.69, 9.17) is 22.1 Å². The number of hydrogen-bond acceptors (Lipinski definition) is 2. The molecule has 1 unspecified atom stereocenters. The third-order valence-corrected chi connectivity index (χ3v) is 3.94. The lowest BCUT2D eigenvalue weighted by atomic mass is 9.96. The second-order valence-electron chi connectivity index (χ2n) is 4.47. The monoisotopic (exact) mass is 357 g/mol. The average molecular weight is 359 g/mol. The summed E-state index contributed by atoms with van der Waals surface area (Å²) >= 11 is 9.42. The summed E-state index contributed by atoms with van der Waals surface area (Å²) in [5.41, 5.74) is 7.80. The van der Waals surface area contributed by atoms with E-state index in [0.29, 0.717) is 31.9 Å². The normalized spacial score (nSPS) is 12.3. The van der Waals surface area contributed by atoms with Crippen molar-refractivity contribution in [1.82, 2.24) is 0 Å². The summed E-state index contributed by atoms with van der Waals surface area (Å²) in [5, 5.41) is 0.510. The Morgan fingerprint density at radius 1 is 1.30 bits per heavy atom. The molecule has 2 aromatic carbocycles. The van der Waals surface area contributed by atoms with Gasteiger partial charge < -0.3 is 10.5 Å². The van der Waals surface area contributed by atoms with Crippen LogP contribution in [-0.2, 0) is 0 Å². The maximum atomic E-state index is 14.2. The van der Waals surface area contributed by atoms with Crippen molar-refractivity contribution in [1.29, 1.82) is 0 Å². The molecular weight excluding hydrogens is 345 g/mol. The van der Waals surface area contributed by atoms with Crippen LogP contribution in [0, 0.1) is 12.7 Å². The minimum Gasteiger partial charge on any atom is -0.495 e. The van der Waals surface area contributed by atoms with E-state index in [2.05, 4.69) is 15.9 Å². The van der Waals surface area contributed by atoms with E-state index in [9.17, 15) is 4.39 Å². The van der Waals surface area contributed by atoms with Crippen molar-refractivity contribution in [3.63, 3.8) is 0 Å². The van der Waals surface area contributed by atoms with Gasteiger partial charge in [-0.05, 0) is 40.5 Å². The predicted molar refractivity (Wildman–Crippen MR) is 82.9 cm³/mol. The maximum Gasteiger partial charge on any atom is 0.138 e. The molecule has 0 saturated carbocycles. The third kappa shape index (κ3) is 2.82. The summed E-state index contributed by atoms with van der Waals surface area (Å²) in [6, 6.07) is 7.90. The van der Waals surface area contributed by atoms with Gasteiger partial charge in [-0.25, -0.2) is 4.39 Å². The Bertz CT molecular complexity index is 648. The van der Waals surface area contributed by atoms with Crippen molar-refractivity contribution in [3.05, 3.63) is 62.3 Å². The van der Waals surface area contributed by atoms with Gasteiger partial charge in [-0.15, -0.1) is 0 Å². The molecule has 0 heterocycles. The highest BCUT2D eigenvalue weighted by Gasteiger charge is 2.20. The highest BCUT2D eigenvalue weighted by atomic mass is 79.9. The molecule has 5 heteroatoms. The van der Waals surface area contributed by atoms with Crippen molar-refractivity contribution >= 4 is 27.5 Å². The van der Waals surface area contributed by atoms with Crippen LogP contribution in [-0.4, -0.2) is 7.11 Å². The first-order valence-corrected chi connectivity index (χ1v) is 7.16. The second kappa shape index (κ2) is 6.12. The Morgan fingerprint density at radius 2 is 2.00 bits per heavy atom. The number of nitrogens with two attached hydrogens (primary N) is 1. The van der Waals surface area contributed by atoms with E-state index in [1.807, 2.05) is 0 Å². The third-order valence-electron chi connectivity index (χ3n) is 3.13. The molecule has 106 valence electrons. The number of halogens is 3. The minimum atomic E-state index is -0.653. The Morgan fingerprint density at radius 3 is 2.65 bits per heavy atom. The number of benzene rings is 2. The molecule has 0 bridgehead atoms. The summed E-state index contributed by atoms with van der Waals surface area (Å²) in [5.74, 6) is 0.251. The van der Waals surface area contributed by atoms with E-state index in [0.717, 1.165) is 0 Å². The molecule has 2 rings (SSSR count). The first-order valence-electron chi connectivity index (χ1n) is 5.99. The number of rotatable bonds is 3. The zero-order valence-electron chi connectivity index (χ0n) is 11.1. The molecule has 0 aliphatic carbocycles. The summed E-state index contributed by atoms with van der Waals surface area (Å²) in [7, 11) is 1.54. The fourth-order valence-corrected chi connectivity index (χ4v) is 3.10. The molecule has 0 fully saturated rings. The quantitative estimate of drug-likeness (QED) is 0.870. The second-order valence-corrected chi connectivity index (χ2v) is 5.76. The summed E-state index contributed by atoms with van der Waals surface area (Å²) in [4.78, 5) is 0. The molecule has 20 heavy (non-hydrogen) atoms. The highest BCUT2D eigenvalue weighted by molar-refractivity contribution is 9.10. The Hall–Kier alpha value is -1.10. The SMILES string of the molecule is COc1c(Br)cc(Cl)cc1C(N)c1cccc(C)c1F. The molecule has 0 saturated heterocycles. The lowest BCUT2D eigenvalue weighted by Crippen LogP contribution is -2.15. The fraction of sp³-hybridized carbons (Fsp3) is 0.200. The van der Waals surface area contributed by atoms with Gasteiger partial charge in [0.1, 0.15) is 11.6 Å². The van der Waals surface area contributed by atoms with E-state index in [-0.39, 0.29) is 5.82 Å². The van der Waals surface area contributed by atoms with Gasteiger partial charge in [-0.1, -0.05) is 29.8 Å². The van der Waals surface area contributed by atoms with Crippen LogP contribution in [0.15, 0.2) is 34.8 Å². The minimum absolute atomic E-state index is 0.307. The fourth-order valence-electron chi connectivity index (χ4n) is 2.10. The summed E-state index contributed by atoms with van der Waals surface area (Å²) < 4.78 is 20.2. The van der Waals surface area contributed by atoms with E-state index < -0.39 is 6.04 Å². The van der Waals surface area contributed by atoms with Crippen LogP contribution < -0.4 is 10.5 Å². The molecule has 2 aromatic rings. The zero-order valence-corrected chi connectivity index (χ0v) is 13.4. The summed E-state index contributed by atoms with van der Waals surface area (Å²) in [6.07, 6.45) is 0. The molecule has 0 amide bonds. The first kappa shape index (κ1) is 15.3. The predicted octanol–water partition coefficient (Wildman–Crippen LogP) is 4.61. The van der Waals surface area contributed by atoms with Crippen LogP contribution in [0.2, 0.25) is 5.02 Å². The molecule has 0 radical (unpaired) electrons. The van der Waals surface area contributed by atoms with Crippen molar-refractivity contribution in [2.24, 2.45) is 5.73 Å². The zero-order chi connectivity index (χ0) is 14.9. The first-order chi connectivity index (χ1) is 9.45. The number of methoxy groups -OCH3 is 1. The number of ether oxygens (including phenoxy) is 1. The van der Waals surface area contributed by atoms with Gasteiger partial charge in [-0.2, -0.15) is 0 Å². The van der Waals surface area contributed by atoms with Gasteiger partial charge in [0.15, 0.2) is 0 Å². The smallest absolute Gasteiger partial charge is 0.138 e. The van der Waals surface area contributed by atoms with Crippen molar-refractivity contribution in [3.8, 4) is 5.75 Å². The van der Waals surface area contributed by atoms with Gasteiger partial charge >= 0.3 is 0 Å². The molecule has 1 atom stereocenters. The van der Waals surface area contributed by atoms with E-state index in [1.165, 1.54) is 7.11 Å². The van der Waals surface area contributed by atoms with E-state index in [1.54, 1.807) is 37.3 Å². The Balaban J connectivity index is 2.58. The maximum absolute atomic E-state index is 14.2. The topological polar surface area (TPSA) is 35.2 Å². The van der Waals surface area contributed by atoms with Crippen molar-refractivity contribution < 1.29 is 9.13 Å². The van der Waals surface area contributed by atoms with Crippen LogP contribution in [0.25, 0.3) is 0 Å². The van der Waals surface area contributed by atoms with Crippen LogP contribution in [0.1, 0.15) is 22.7 Å².